The second kappa shape index (κ2) is 10.7. The van der Waals surface area contributed by atoms with Crippen LogP contribution in [-0.2, 0) is 9.47 Å². The number of rotatable bonds is 2. The highest BCUT2D eigenvalue weighted by Crippen LogP contribution is 2.57. The van der Waals surface area contributed by atoms with Gasteiger partial charge in [0.2, 0.25) is 0 Å². The number of fused-ring (bicyclic) bond motifs is 8. The van der Waals surface area contributed by atoms with Gasteiger partial charge in [-0.25, -0.2) is 0 Å². The standard InChI is InChI=1S/C11H18O.C9H12O.C9H16.C7H10/c1-6-7(2)9-3-8(6)4-10(9)11-5-12-11;1-2-7-3-6(1)4-8(7)9-5-10-9;1-6-7(2)9-4-3-8(6)5-9;1-2-7-4-3-6(1)5-7/h6-11H,3-5H2,1-2H3;1-2,6-9H,3-5H2;6-9H,3-5H2,1-2H3;1-2,6-7H,3-5H2. The first-order valence-electron chi connectivity index (χ1n) is 17.0. The molecule has 10 rings (SSSR count). The van der Waals surface area contributed by atoms with Crippen molar-refractivity contribution in [1.29, 1.82) is 0 Å². The first-order chi connectivity index (χ1) is 18.4. The normalized spacial score (nSPS) is 56.3. The van der Waals surface area contributed by atoms with Gasteiger partial charge in [0.25, 0.3) is 0 Å². The number of allylic oxidation sites excluding steroid dienone is 4. The fraction of sp³-hybridized carbons (Fsp3) is 0.889. The zero-order valence-corrected chi connectivity index (χ0v) is 24.8. The Hall–Kier alpha value is -0.600. The van der Waals surface area contributed by atoms with E-state index in [2.05, 4.69) is 52.0 Å². The zero-order valence-electron chi connectivity index (χ0n) is 24.8. The Morgan fingerprint density at radius 1 is 0.447 bits per heavy atom. The summed E-state index contributed by atoms with van der Waals surface area (Å²) in [5.41, 5.74) is 0. The van der Waals surface area contributed by atoms with E-state index < -0.39 is 0 Å². The van der Waals surface area contributed by atoms with Gasteiger partial charge in [0, 0.05) is 0 Å². The predicted molar refractivity (Wildman–Crippen MR) is 155 cm³/mol. The van der Waals surface area contributed by atoms with Crippen molar-refractivity contribution in [3.8, 4) is 0 Å². The molecule has 8 aliphatic carbocycles. The van der Waals surface area contributed by atoms with Gasteiger partial charge in [-0.2, -0.15) is 0 Å². The summed E-state index contributed by atoms with van der Waals surface area (Å²) in [6.45, 7) is 11.9. The summed E-state index contributed by atoms with van der Waals surface area (Å²) in [5, 5.41) is 0. The number of hydrogen-bond donors (Lipinski definition) is 0. The summed E-state index contributed by atoms with van der Waals surface area (Å²) in [7, 11) is 0. The third-order valence-corrected chi connectivity index (χ3v) is 14.0. The second-order valence-electron chi connectivity index (χ2n) is 15.7. The zero-order chi connectivity index (χ0) is 26.0. The van der Waals surface area contributed by atoms with Crippen molar-refractivity contribution in [3.63, 3.8) is 0 Å². The molecule has 0 amide bonds. The summed E-state index contributed by atoms with van der Waals surface area (Å²) in [6.07, 6.45) is 25.8. The molecule has 0 aromatic rings. The van der Waals surface area contributed by atoms with Crippen molar-refractivity contribution >= 4 is 0 Å². The first-order valence-corrected chi connectivity index (χ1v) is 17.0. The number of epoxide rings is 2. The third kappa shape index (κ3) is 5.24. The minimum absolute atomic E-state index is 0.653. The molecule has 6 saturated carbocycles. The highest BCUT2D eigenvalue weighted by Gasteiger charge is 2.53. The highest BCUT2D eigenvalue weighted by molar-refractivity contribution is 5.12. The van der Waals surface area contributed by atoms with Crippen molar-refractivity contribution in [1.82, 2.24) is 0 Å². The Balaban J connectivity index is 0.0000000863. The maximum absolute atomic E-state index is 5.43. The smallest absolute Gasteiger partial charge is 0.0843 e. The van der Waals surface area contributed by atoms with Crippen LogP contribution in [0.4, 0.5) is 0 Å². The molecule has 38 heavy (non-hydrogen) atoms. The second-order valence-corrected chi connectivity index (χ2v) is 15.7. The molecule has 0 spiro atoms. The minimum atomic E-state index is 0.653. The molecule has 2 heterocycles. The van der Waals surface area contributed by atoms with Crippen LogP contribution < -0.4 is 0 Å². The van der Waals surface area contributed by atoms with Crippen LogP contribution in [0.15, 0.2) is 24.3 Å². The molecule has 2 aliphatic heterocycles. The van der Waals surface area contributed by atoms with Gasteiger partial charge in [-0.05, 0) is 147 Å². The van der Waals surface area contributed by atoms with Gasteiger partial charge < -0.3 is 9.47 Å². The molecule has 212 valence electrons. The molecule has 8 fully saturated rings. The summed E-state index contributed by atoms with van der Waals surface area (Å²) >= 11 is 0. The van der Waals surface area contributed by atoms with E-state index in [1.54, 1.807) is 6.42 Å². The van der Waals surface area contributed by atoms with Crippen LogP contribution in [0, 0.1) is 82.9 Å². The van der Waals surface area contributed by atoms with E-state index in [4.69, 9.17) is 9.47 Å². The average Bonchev–Trinajstić information content (AvgIpc) is 3.43. The van der Waals surface area contributed by atoms with Crippen molar-refractivity contribution in [2.24, 2.45) is 82.9 Å². The molecule has 10 aliphatic rings. The third-order valence-electron chi connectivity index (χ3n) is 14.0. The van der Waals surface area contributed by atoms with E-state index >= 15 is 0 Å². The van der Waals surface area contributed by atoms with E-state index in [-0.39, 0.29) is 0 Å². The van der Waals surface area contributed by atoms with E-state index in [1.165, 1.54) is 57.8 Å². The van der Waals surface area contributed by atoms with Crippen molar-refractivity contribution in [3.05, 3.63) is 24.3 Å². The van der Waals surface area contributed by atoms with Gasteiger partial charge in [0.15, 0.2) is 0 Å². The molecular formula is C36H56O2. The molecule has 0 radical (unpaired) electrons. The molecule has 0 aromatic heterocycles. The summed E-state index contributed by atoms with van der Waals surface area (Å²) < 4.78 is 10.7. The van der Waals surface area contributed by atoms with Gasteiger partial charge in [-0.15, -0.1) is 0 Å². The summed E-state index contributed by atoms with van der Waals surface area (Å²) in [5.74, 6) is 14.0. The van der Waals surface area contributed by atoms with Gasteiger partial charge >= 0.3 is 0 Å². The van der Waals surface area contributed by atoms with Crippen molar-refractivity contribution in [2.45, 2.75) is 104 Å². The quantitative estimate of drug-likeness (QED) is 0.269. The topological polar surface area (TPSA) is 25.1 Å². The van der Waals surface area contributed by atoms with Crippen LogP contribution >= 0.6 is 0 Å². The largest absolute Gasteiger partial charge is 0.373 e. The van der Waals surface area contributed by atoms with Crippen molar-refractivity contribution in [2.75, 3.05) is 13.2 Å². The van der Waals surface area contributed by atoms with Gasteiger partial charge in [0.1, 0.15) is 0 Å². The van der Waals surface area contributed by atoms with E-state index in [9.17, 15) is 0 Å². The van der Waals surface area contributed by atoms with Crippen LogP contribution in [0.5, 0.6) is 0 Å². The van der Waals surface area contributed by atoms with E-state index in [0.29, 0.717) is 12.2 Å². The molecular weight excluding hydrogens is 464 g/mol. The predicted octanol–water partition coefficient (Wildman–Crippen LogP) is 8.57. The van der Waals surface area contributed by atoms with Crippen molar-refractivity contribution < 1.29 is 9.47 Å². The van der Waals surface area contributed by atoms with Crippen LogP contribution in [0.3, 0.4) is 0 Å². The summed E-state index contributed by atoms with van der Waals surface area (Å²) in [4.78, 5) is 0. The molecule has 2 heteroatoms. The fourth-order valence-corrected chi connectivity index (χ4v) is 10.9. The van der Waals surface area contributed by atoms with Crippen LogP contribution in [0.25, 0.3) is 0 Å². The van der Waals surface area contributed by atoms with Gasteiger partial charge in [-0.3, -0.25) is 0 Å². The Morgan fingerprint density at radius 2 is 1.00 bits per heavy atom. The van der Waals surface area contributed by atoms with Crippen LogP contribution in [-0.4, -0.2) is 25.4 Å². The Kier molecular flexibility index (Phi) is 7.38. The molecule has 8 bridgehead atoms. The molecule has 16 unspecified atom stereocenters. The molecule has 0 N–H and O–H groups in total. The lowest BCUT2D eigenvalue weighted by Crippen LogP contribution is -2.27. The monoisotopic (exact) mass is 520 g/mol. The van der Waals surface area contributed by atoms with E-state index in [0.717, 1.165) is 96.1 Å². The lowest BCUT2D eigenvalue weighted by Gasteiger charge is -2.30. The lowest BCUT2D eigenvalue weighted by atomic mass is 9.74. The van der Waals surface area contributed by atoms with Gasteiger partial charge in [0.05, 0.1) is 25.4 Å². The Morgan fingerprint density at radius 3 is 1.37 bits per heavy atom. The average molecular weight is 521 g/mol. The maximum atomic E-state index is 5.43. The molecule has 0 aromatic carbocycles. The van der Waals surface area contributed by atoms with Crippen LogP contribution in [0.2, 0.25) is 0 Å². The Bertz CT molecular complexity index is 852. The van der Waals surface area contributed by atoms with E-state index in [1.807, 2.05) is 0 Å². The first kappa shape index (κ1) is 26.3. The Labute approximate surface area is 233 Å². The summed E-state index contributed by atoms with van der Waals surface area (Å²) in [6, 6.07) is 0. The number of hydrogen-bond acceptors (Lipinski definition) is 2. The fourth-order valence-electron chi connectivity index (χ4n) is 10.9. The maximum Gasteiger partial charge on any atom is 0.0843 e. The molecule has 2 saturated heterocycles. The SMILES string of the molecule is C1=CC2CC1CC2C1CO1.C1=CC2CCC1C2.CC1C2CC(C3CO3)C(C2)C1C.CC1C2CCC(C2)C1C. The molecule has 2 nitrogen and oxygen atoms in total. The highest BCUT2D eigenvalue weighted by atomic mass is 16.6. The lowest BCUT2D eigenvalue weighted by molar-refractivity contribution is 0.158. The van der Waals surface area contributed by atoms with Gasteiger partial charge in [-0.1, -0.05) is 52.0 Å². The van der Waals surface area contributed by atoms with Crippen LogP contribution in [0.1, 0.15) is 91.9 Å². The minimum Gasteiger partial charge on any atom is -0.373 e. The number of ether oxygens (including phenoxy) is 2. The molecule has 16 atom stereocenters.